The molecular formula is C19H29N3O2S. The molecule has 5 nitrogen and oxygen atoms in total. The smallest absolute Gasteiger partial charge is 0.230 e. The van der Waals surface area contributed by atoms with E-state index in [9.17, 15) is 9.59 Å². The van der Waals surface area contributed by atoms with Crippen LogP contribution in [0.5, 0.6) is 0 Å². The maximum Gasteiger partial charge on any atom is 0.230 e. The molecule has 25 heavy (non-hydrogen) atoms. The van der Waals surface area contributed by atoms with Crippen LogP contribution in [0.2, 0.25) is 0 Å². The van der Waals surface area contributed by atoms with Crippen LogP contribution in [0.25, 0.3) is 0 Å². The highest BCUT2D eigenvalue weighted by molar-refractivity contribution is 7.99. The summed E-state index contributed by atoms with van der Waals surface area (Å²) in [6.45, 7) is 6.12. The first kappa shape index (κ1) is 19.6. The molecule has 1 saturated heterocycles. The molecule has 0 unspecified atom stereocenters. The lowest BCUT2D eigenvalue weighted by atomic mass is 10.2. The molecule has 0 radical (unpaired) electrons. The Morgan fingerprint density at radius 3 is 2.72 bits per heavy atom. The number of rotatable bonds is 9. The molecule has 0 saturated carbocycles. The number of benzene rings is 1. The van der Waals surface area contributed by atoms with Crippen LogP contribution < -0.4 is 15.5 Å². The lowest BCUT2D eigenvalue weighted by molar-refractivity contribution is -0.119. The van der Waals surface area contributed by atoms with Crippen molar-refractivity contribution in [3.63, 3.8) is 0 Å². The zero-order valence-corrected chi connectivity index (χ0v) is 16.0. The van der Waals surface area contributed by atoms with Gasteiger partial charge in [-0.1, -0.05) is 13.0 Å². The molecular weight excluding hydrogens is 334 g/mol. The molecule has 0 bridgehead atoms. The number of hydrogen-bond acceptors (Lipinski definition) is 4. The summed E-state index contributed by atoms with van der Waals surface area (Å²) in [5, 5.41) is 5.82. The number of amides is 2. The van der Waals surface area contributed by atoms with E-state index in [1.807, 2.05) is 25.1 Å². The van der Waals surface area contributed by atoms with E-state index >= 15 is 0 Å². The summed E-state index contributed by atoms with van der Waals surface area (Å²) in [4.78, 5) is 26.3. The summed E-state index contributed by atoms with van der Waals surface area (Å²) in [7, 11) is 0. The number of nitrogens with zero attached hydrogens (tertiary/aromatic N) is 1. The quantitative estimate of drug-likeness (QED) is 0.661. The number of carbonyl (C=O) groups excluding carboxylic acids is 2. The number of thioether (sulfide) groups is 1. The molecule has 1 aromatic carbocycles. The molecule has 1 fully saturated rings. The maximum atomic E-state index is 12.2. The second-order valence-corrected chi connectivity index (χ2v) is 7.62. The van der Waals surface area contributed by atoms with Gasteiger partial charge >= 0.3 is 0 Å². The summed E-state index contributed by atoms with van der Waals surface area (Å²) in [6.07, 6.45) is 3.79. The minimum Gasteiger partial charge on any atom is -0.371 e. The van der Waals surface area contributed by atoms with Crippen molar-refractivity contribution in [3.05, 3.63) is 24.3 Å². The monoisotopic (exact) mass is 363 g/mol. The van der Waals surface area contributed by atoms with Crippen LogP contribution in [0.15, 0.2) is 24.3 Å². The largest absolute Gasteiger partial charge is 0.371 e. The fraction of sp³-hybridized carbons (Fsp3) is 0.579. The van der Waals surface area contributed by atoms with Crippen molar-refractivity contribution in [3.8, 4) is 0 Å². The molecule has 2 amide bonds. The minimum absolute atomic E-state index is 0.00483. The summed E-state index contributed by atoms with van der Waals surface area (Å²) >= 11 is 1.62. The Morgan fingerprint density at radius 1 is 1.24 bits per heavy atom. The van der Waals surface area contributed by atoms with Crippen LogP contribution >= 0.6 is 11.8 Å². The zero-order chi connectivity index (χ0) is 18.1. The average molecular weight is 364 g/mol. The molecule has 0 aliphatic carbocycles. The van der Waals surface area contributed by atoms with E-state index in [-0.39, 0.29) is 24.3 Å². The molecule has 138 valence electrons. The third kappa shape index (κ3) is 6.98. The van der Waals surface area contributed by atoms with E-state index in [4.69, 9.17) is 0 Å². The Morgan fingerprint density at radius 2 is 2.00 bits per heavy atom. The van der Waals surface area contributed by atoms with E-state index in [2.05, 4.69) is 28.5 Å². The van der Waals surface area contributed by atoms with Gasteiger partial charge in [-0.15, -0.1) is 0 Å². The average Bonchev–Trinajstić information content (AvgIpc) is 3.09. The van der Waals surface area contributed by atoms with Gasteiger partial charge < -0.3 is 15.5 Å². The first-order chi connectivity index (χ1) is 12.1. The molecule has 1 aromatic rings. The van der Waals surface area contributed by atoms with Gasteiger partial charge in [-0.25, -0.2) is 0 Å². The van der Waals surface area contributed by atoms with Crippen LogP contribution in [-0.2, 0) is 9.59 Å². The maximum absolute atomic E-state index is 12.2. The first-order valence-corrected chi connectivity index (χ1v) is 10.3. The van der Waals surface area contributed by atoms with Crippen LogP contribution in [0, 0.1) is 0 Å². The fourth-order valence-electron chi connectivity index (χ4n) is 2.92. The highest BCUT2D eigenvalue weighted by atomic mass is 32.2. The van der Waals surface area contributed by atoms with Crippen molar-refractivity contribution in [2.24, 2.45) is 0 Å². The van der Waals surface area contributed by atoms with E-state index in [1.165, 1.54) is 12.8 Å². The second kappa shape index (κ2) is 10.3. The fourth-order valence-corrected chi connectivity index (χ4v) is 3.62. The van der Waals surface area contributed by atoms with Gasteiger partial charge in [0.2, 0.25) is 11.8 Å². The molecule has 6 heteroatoms. The molecule has 1 atom stereocenters. The number of carbonyl (C=O) groups is 2. The highest BCUT2D eigenvalue weighted by Gasteiger charge is 2.14. The minimum atomic E-state index is -0.170. The third-order valence-electron chi connectivity index (χ3n) is 4.08. The predicted molar refractivity (Wildman–Crippen MR) is 106 cm³/mol. The Balaban J connectivity index is 1.77. The summed E-state index contributed by atoms with van der Waals surface area (Å²) < 4.78 is 0. The van der Waals surface area contributed by atoms with E-state index in [0.29, 0.717) is 5.75 Å². The number of hydrogen-bond donors (Lipinski definition) is 2. The summed E-state index contributed by atoms with van der Waals surface area (Å²) in [6, 6.07) is 7.81. The lowest BCUT2D eigenvalue weighted by Crippen LogP contribution is -2.36. The van der Waals surface area contributed by atoms with Crippen molar-refractivity contribution in [2.45, 2.75) is 45.6 Å². The summed E-state index contributed by atoms with van der Waals surface area (Å²) in [5.74, 6) is 1.36. The van der Waals surface area contributed by atoms with Crippen molar-refractivity contribution < 1.29 is 9.59 Å². The van der Waals surface area contributed by atoms with Gasteiger partial charge in [-0.2, -0.15) is 11.8 Å². The first-order valence-electron chi connectivity index (χ1n) is 9.10. The van der Waals surface area contributed by atoms with Crippen LogP contribution in [0.4, 0.5) is 11.4 Å². The molecule has 0 spiro atoms. The van der Waals surface area contributed by atoms with Crippen molar-refractivity contribution in [1.82, 2.24) is 5.32 Å². The Labute approximate surface area is 154 Å². The van der Waals surface area contributed by atoms with E-state index in [0.717, 1.165) is 36.6 Å². The van der Waals surface area contributed by atoms with Gasteiger partial charge in [-0.05, 0) is 50.1 Å². The summed E-state index contributed by atoms with van der Waals surface area (Å²) in [5.41, 5.74) is 1.97. The van der Waals surface area contributed by atoms with Crippen molar-refractivity contribution >= 4 is 35.0 Å². The third-order valence-corrected chi connectivity index (χ3v) is 5.24. The molecule has 1 heterocycles. The van der Waals surface area contributed by atoms with Crippen molar-refractivity contribution in [1.29, 1.82) is 0 Å². The normalized spacial score (nSPS) is 15.0. The topological polar surface area (TPSA) is 61.4 Å². The highest BCUT2D eigenvalue weighted by Crippen LogP contribution is 2.23. The SMILES string of the molecule is CCCSCC(=O)N[C@H](C)CC(=O)Nc1cccc(N2CCCC2)c1. The number of nitrogens with one attached hydrogen (secondary N) is 2. The molecule has 2 rings (SSSR count). The molecule has 2 N–H and O–H groups in total. The van der Waals surface area contributed by atoms with Gasteiger partial charge in [-0.3, -0.25) is 9.59 Å². The standard InChI is InChI=1S/C19H29N3O2S/c1-3-11-25-14-19(24)20-15(2)12-18(23)21-16-7-6-8-17(13-16)22-9-4-5-10-22/h6-8,13,15H,3-5,9-12,14H2,1-2H3,(H,20,24)(H,21,23)/t15-/m1/s1. The Hall–Kier alpha value is -1.69. The van der Waals surface area contributed by atoms with Gasteiger partial charge in [0.15, 0.2) is 0 Å². The predicted octanol–water partition coefficient (Wildman–Crippen LogP) is 3.26. The molecule has 0 aromatic heterocycles. The number of anilines is 2. The van der Waals surface area contributed by atoms with Crippen LogP contribution in [-0.4, -0.2) is 42.5 Å². The van der Waals surface area contributed by atoms with Gasteiger partial charge in [0.1, 0.15) is 0 Å². The van der Waals surface area contributed by atoms with Gasteiger partial charge in [0.05, 0.1) is 5.75 Å². The molecule has 1 aliphatic heterocycles. The Kier molecular flexibility index (Phi) is 8.12. The van der Waals surface area contributed by atoms with Crippen LogP contribution in [0.1, 0.15) is 39.5 Å². The van der Waals surface area contributed by atoms with Gasteiger partial charge in [0.25, 0.3) is 0 Å². The van der Waals surface area contributed by atoms with Gasteiger partial charge in [0, 0.05) is 36.9 Å². The van der Waals surface area contributed by atoms with Crippen molar-refractivity contribution in [2.75, 3.05) is 34.8 Å². The zero-order valence-electron chi connectivity index (χ0n) is 15.2. The second-order valence-electron chi connectivity index (χ2n) is 6.52. The Bertz CT molecular complexity index is 574. The van der Waals surface area contributed by atoms with E-state index in [1.54, 1.807) is 11.8 Å². The lowest BCUT2D eigenvalue weighted by Gasteiger charge is -2.19. The molecule has 1 aliphatic rings. The van der Waals surface area contributed by atoms with E-state index < -0.39 is 0 Å². The van der Waals surface area contributed by atoms with Crippen LogP contribution in [0.3, 0.4) is 0 Å².